The van der Waals surface area contributed by atoms with Gasteiger partial charge >= 0.3 is 11.7 Å². The third-order valence-electron chi connectivity index (χ3n) is 2.13. The second-order valence-corrected chi connectivity index (χ2v) is 3.68. The van der Waals surface area contributed by atoms with Gasteiger partial charge in [-0.2, -0.15) is 4.39 Å². The molecule has 0 saturated carbocycles. The summed E-state index contributed by atoms with van der Waals surface area (Å²) in [7, 11) is 0. The quantitative estimate of drug-likeness (QED) is 0.486. The van der Waals surface area contributed by atoms with E-state index in [0.717, 1.165) is 0 Å². The monoisotopic (exact) mass is 274 g/mol. The molecule has 0 radical (unpaired) electrons. The minimum absolute atomic E-state index is 0.333. The number of carbonyl (C=O) groups is 2. The molecule has 2 atom stereocenters. The van der Waals surface area contributed by atoms with Gasteiger partial charge in [-0.3, -0.25) is 19.1 Å². The number of aromatic nitrogens is 2. The number of nitrogens with one attached hydrogen (secondary N) is 2. The van der Waals surface area contributed by atoms with E-state index in [1.165, 1.54) is 6.92 Å². The summed E-state index contributed by atoms with van der Waals surface area (Å²) < 4.78 is 13.4. The van der Waals surface area contributed by atoms with E-state index in [2.05, 4.69) is 0 Å². The van der Waals surface area contributed by atoms with Crippen LogP contribution in [0, 0.1) is 5.82 Å². The maximum atomic E-state index is 13.0. The van der Waals surface area contributed by atoms with Gasteiger partial charge in [-0.25, -0.2) is 9.59 Å². The second-order valence-electron chi connectivity index (χ2n) is 3.68. The van der Waals surface area contributed by atoms with Crippen LogP contribution in [0.5, 0.6) is 0 Å². The van der Waals surface area contributed by atoms with Gasteiger partial charge in [-0.1, -0.05) is 0 Å². The van der Waals surface area contributed by atoms with E-state index in [9.17, 15) is 23.6 Å². The van der Waals surface area contributed by atoms with E-state index in [4.69, 9.17) is 10.8 Å². The van der Waals surface area contributed by atoms with Crippen LogP contribution in [0.25, 0.3) is 0 Å². The fraction of sp³-hybridized carbons (Fsp3) is 0.333. The fourth-order valence-electron chi connectivity index (χ4n) is 1.17. The number of amides is 1. The third kappa shape index (κ3) is 3.25. The molecule has 1 unspecified atom stereocenters. The molecule has 0 aliphatic carbocycles. The summed E-state index contributed by atoms with van der Waals surface area (Å²) in [4.78, 5) is 46.1. The maximum Gasteiger partial charge on any atom is 0.347 e. The first-order valence-corrected chi connectivity index (χ1v) is 5.03. The standard InChI is InChI=1S/C9H11FN4O5/c1-3(11)6(15)12-5(8(17)18)14-2-4(10)7(16)13-9(14)19/h2-3,5H,11H2,1H3,(H,12,15)(H,17,18)(H,13,16,19)/t3-,5?/m1/s1. The average Bonchev–Trinajstić information content (AvgIpc) is 2.30. The van der Waals surface area contributed by atoms with Crippen LogP contribution in [-0.4, -0.2) is 32.6 Å². The molecule has 1 rings (SSSR count). The molecule has 10 heteroatoms. The Morgan fingerprint density at radius 1 is 1.53 bits per heavy atom. The summed E-state index contributed by atoms with van der Waals surface area (Å²) in [5.74, 6) is -3.84. The minimum atomic E-state index is -1.88. The van der Waals surface area contributed by atoms with Gasteiger partial charge in [-0.15, -0.1) is 0 Å². The van der Waals surface area contributed by atoms with Gasteiger partial charge < -0.3 is 16.2 Å². The van der Waals surface area contributed by atoms with Crippen molar-refractivity contribution in [3.05, 3.63) is 32.9 Å². The lowest BCUT2D eigenvalue weighted by Crippen LogP contribution is -2.48. The van der Waals surface area contributed by atoms with Gasteiger partial charge in [0.05, 0.1) is 12.2 Å². The first kappa shape index (κ1) is 14.6. The Hall–Kier alpha value is -2.49. The van der Waals surface area contributed by atoms with E-state index < -0.39 is 41.2 Å². The smallest absolute Gasteiger partial charge is 0.347 e. The molecule has 0 saturated heterocycles. The van der Waals surface area contributed by atoms with Crippen molar-refractivity contribution in [3.63, 3.8) is 0 Å². The summed E-state index contributed by atoms with van der Waals surface area (Å²) >= 11 is 0. The lowest BCUT2D eigenvalue weighted by molar-refractivity contribution is -0.144. The third-order valence-corrected chi connectivity index (χ3v) is 2.13. The number of rotatable bonds is 4. The van der Waals surface area contributed by atoms with Crippen LogP contribution in [0.3, 0.4) is 0 Å². The molecule has 1 aromatic rings. The highest BCUT2D eigenvalue weighted by atomic mass is 19.1. The minimum Gasteiger partial charge on any atom is -0.478 e. The van der Waals surface area contributed by atoms with Crippen LogP contribution < -0.4 is 22.3 Å². The summed E-state index contributed by atoms with van der Waals surface area (Å²) in [5.41, 5.74) is 2.77. The fourth-order valence-corrected chi connectivity index (χ4v) is 1.17. The number of H-pyrrole nitrogens is 1. The van der Waals surface area contributed by atoms with Crippen molar-refractivity contribution < 1.29 is 19.1 Å². The Kier molecular flexibility index (Phi) is 4.17. The number of hydrogen-bond acceptors (Lipinski definition) is 5. The van der Waals surface area contributed by atoms with Crippen molar-refractivity contribution in [1.82, 2.24) is 14.9 Å². The van der Waals surface area contributed by atoms with Crippen molar-refractivity contribution in [2.24, 2.45) is 5.73 Å². The van der Waals surface area contributed by atoms with E-state index in [1.807, 2.05) is 5.32 Å². The molecule has 1 aromatic heterocycles. The van der Waals surface area contributed by atoms with Gasteiger partial charge in [0.15, 0.2) is 0 Å². The molecule has 0 spiro atoms. The van der Waals surface area contributed by atoms with Crippen LogP contribution in [0.2, 0.25) is 0 Å². The molecule has 0 aliphatic rings. The number of carboxylic acids is 1. The molecule has 1 heterocycles. The van der Waals surface area contributed by atoms with Crippen molar-refractivity contribution >= 4 is 11.9 Å². The zero-order chi connectivity index (χ0) is 14.7. The van der Waals surface area contributed by atoms with E-state index in [0.29, 0.717) is 10.8 Å². The molecule has 0 fully saturated rings. The van der Waals surface area contributed by atoms with Gasteiger partial charge in [-0.05, 0) is 6.92 Å². The van der Waals surface area contributed by atoms with E-state index >= 15 is 0 Å². The number of carbonyl (C=O) groups excluding carboxylic acids is 1. The summed E-state index contributed by atoms with van der Waals surface area (Å²) in [6.07, 6.45) is -1.49. The Balaban J connectivity index is 3.25. The molecular weight excluding hydrogens is 263 g/mol. The number of halogens is 1. The van der Waals surface area contributed by atoms with Crippen molar-refractivity contribution in [2.75, 3.05) is 0 Å². The maximum absolute atomic E-state index is 13.0. The molecule has 0 aromatic carbocycles. The summed E-state index contributed by atoms with van der Waals surface area (Å²) in [6.45, 7) is 1.30. The number of aromatic amines is 1. The normalized spacial score (nSPS) is 13.6. The zero-order valence-electron chi connectivity index (χ0n) is 9.71. The molecule has 9 nitrogen and oxygen atoms in total. The van der Waals surface area contributed by atoms with Crippen LogP contribution in [0.4, 0.5) is 4.39 Å². The summed E-state index contributed by atoms with van der Waals surface area (Å²) in [5, 5.41) is 10.8. The molecular formula is C9H11FN4O5. The Morgan fingerprint density at radius 2 is 2.11 bits per heavy atom. The number of carboxylic acid groups (broad SMARTS) is 1. The topological polar surface area (TPSA) is 147 Å². The SMILES string of the molecule is C[C@@H](N)C(=O)NC(C(=O)O)n1cc(F)c(=O)[nH]c1=O. The van der Waals surface area contributed by atoms with E-state index in [-0.39, 0.29) is 0 Å². The number of nitrogens with two attached hydrogens (primary N) is 1. The highest BCUT2D eigenvalue weighted by Gasteiger charge is 2.25. The molecule has 0 aliphatic heterocycles. The molecule has 104 valence electrons. The van der Waals surface area contributed by atoms with Crippen LogP contribution in [-0.2, 0) is 9.59 Å². The largest absolute Gasteiger partial charge is 0.478 e. The first-order valence-electron chi connectivity index (χ1n) is 5.03. The average molecular weight is 274 g/mol. The second kappa shape index (κ2) is 5.44. The summed E-state index contributed by atoms with van der Waals surface area (Å²) in [6, 6.07) is -1.02. The first-order chi connectivity index (χ1) is 8.73. The highest BCUT2D eigenvalue weighted by molar-refractivity contribution is 5.85. The van der Waals surface area contributed by atoms with Gasteiger partial charge in [0.1, 0.15) is 0 Å². The van der Waals surface area contributed by atoms with Crippen LogP contribution in [0.15, 0.2) is 15.8 Å². The van der Waals surface area contributed by atoms with Gasteiger partial charge in [0, 0.05) is 0 Å². The Bertz CT molecular complexity index is 620. The molecule has 19 heavy (non-hydrogen) atoms. The molecule has 5 N–H and O–H groups in total. The van der Waals surface area contributed by atoms with Gasteiger partial charge in [0.2, 0.25) is 17.9 Å². The van der Waals surface area contributed by atoms with Crippen molar-refractivity contribution in [3.8, 4) is 0 Å². The van der Waals surface area contributed by atoms with Crippen LogP contribution in [0.1, 0.15) is 13.1 Å². The zero-order valence-corrected chi connectivity index (χ0v) is 9.71. The highest BCUT2D eigenvalue weighted by Crippen LogP contribution is 2.00. The van der Waals surface area contributed by atoms with Crippen molar-refractivity contribution in [1.29, 1.82) is 0 Å². The predicted octanol–water partition coefficient (Wildman–Crippen LogP) is -2.28. The van der Waals surface area contributed by atoms with Crippen LogP contribution >= 0.6 is 0 Å². The Labute approximate surface area is 104 Å². The Morgan fingerprint density at radius 3 is 2.58 bits per heavy atom. The van der Waals surface area contributed by atoms with E-state index in [1.54, 1.807) is 4.98 Å². The van der Waals surface area contributed by atoms with Crippen molar-refractivity contribution in [2.45, 2.75) is 19.1 Å². The number of aliphatic carboxylic acids is 1. The lowest BCUT2D eigenvalue weighted by atomic mass is 10.3. The van der Waals surface area contributed by atoms with Gasteiger partial charge in [0.25, 0.3) is 5.56 Å². The molecule has 1 amide bonds. The number of nitrogens with zero attached hydrogens (tertiary/aromatic N) is 1. The number of hydrogen-bond donors (Lipinski definition) is 4. The molecule has 0 bridgehead atoms. The lowest BCUT2D eigenvalue weighted by Gasteiger charge is -2.17. The predicted molar refractivity (Wildman–Crippen MR) is 59.7 cm³/mol.